The highest BCUT2D eigenvalue weighted by molar-refractivity contribution is 14.0. The normalized spacial score (nSPS) is 31.0. The summed E-state index contributed by atoms with van der Waals surface area (Å²) in [5.41, 5.74) is 0. The predicted octanol–water partition coefficient (Wildman–Crippen LogP) is 3.48. The van der Waals surface area contributed by atoms with Crippen LogP contribution in [0, 0.1) is 11.8 Å². The lowest BCUT2D eigenvalue weighted by Crippen LogP contribution is -2.48. The Hall–Kier alpha value is -0.180. The van der Waals surface area contributed by atoms with Crippen LogP contribution in [0.2, 0.25) is 0 Å². The van der Waals surface area contributed by atoms with Gasteiger partial charge >= 0.3 is 0 Å². The number of carbonyl (C=O) groups is 1. The van der Waals surface area contributed by atoms with Crippen LogP contribution in [0.25, 0.3) is 0 Å². The molecule has 2 aliphatic carbocycles. The lowest BCUT2D eigenvalue weighted by atomic mass is 9.85. The summed E-state index contributed by atoms with van der Waals surface area (Å²) >= 11 is 1.96. The van der Waals surface area contributed by atoms with Crippen molar-refractivity contribution in [2.45, 2.75) is 70.9 Å². The molecule has 3 aliphatic rings. The SMILES string of the molecule is CCCC1CC1NC(=NCC)NC1CCC(C(=O)N2CCSCC2)CC1.I. The molecule has 1 amide bonds. The molecule has 7 heteroatoms. The molecule has 5 nitrogen and oxygen atoms in total. The number of aliphatic imine (C=N–C) groups is 1. The van der Waals surface area contributed by atoms with E-state index in [1.807, 2.05) is 11.8 Å². The fourth-order valence-corrected chi connectivity index (χ4v) is 5.20. The minimum absolute atomic E-state index is 0. The van der Waals surface area contributed by atoms with Crippen molar-refractivity contribution >= 4 is 47.6 Å². The minimum atomic E-state index is 0. The standard InChI is InChI=1S/C20H36N4OS.HI/c1-3-5-16-14-18(16)23-20(21-4-2)22-17-8-6-15(7-9-17)19(25)24-10-12-26-13-11-24;/h15-18H,3-14H2,1-2H3,(H2,21,22,23);1H. The Morgan fingerprint density at radius 2 is 1.81 bits per heavy atom. The van der Waals surface area contributed by atoms with Gasteiger partial charge in [0, 0.05) is 49.1 Å². The highest BCUT2D eigenvalue weighted by atomic mass is 127. The maximum atomic E-state index is 12.7. The summed E-state index contributed by atoms with van der Waals surface area (Å²) in [6.45, 7) is 7.04. The summed E-state index contributed by atoms with van der Waals surface area (Å²) in [5, 5.41) is 7.26. The molecule has 2 N–H and O–H groups in total. The van der Waals surface area contributed by atoms with Crippen LogP contribution in [0.15, 0.2) is 4.99 Å². The van der Waals surface area contributed by atoms with E-state index in [0.717, 1.165) is 68.7 Å². The quantitative estimate of drug-likeness (QED) is 0.328. The molecule has 0 spiro atoms. The Labute approximate surface area is 186 Å². The van der Waals surface area contributed by atoms with Crippen molar-refractivity contribution in [1.82, 2.24) is 15.5 Å². The van der Waals surface area contributed by atoms with Crippen molar-refractivity contribution in [3.8, 4) is 0 Å². The number of thioether (sulfide) groups is 1. The molecule has 3 fully saturated rings. The van der Waals surface area contributed by atoms with E-state index in [2.05, 4.69) is 34.4 Å². The monoisotopic (exact) mass is 508 g/mol. The smallest absolute Gasteiger partial charge is 0.225 e. The lowest BCUT2D eigenvalue weighted by molar-refractivity contribution is -0.136. The molecule has 2 saturated carbocycles. The largest absolute Gasteiger partial charge is 0.354 e. The Kier molecular flexibility index (Phi) is 10.0. The third kappa shape index (κ3) is 6.98. The molecule has 3 rings (SSSR count). The molecule has 156 valence electrons. The molecule has 1 saturated heterocycles. The maximum absolute atomic E-state index is 12.7. The Morgan fingerprint density at radius 3 is 2.44 bits per heavy atom. The summed E-state index contributed by atoms with van der Waals surface area (Å²) in [7, 11) is 0. The third-order valence-electron chi connectivity index (χ3n) is 5.96. The fraction of sp³-hybridized carbons (Fsp3) is 0.900. The second-order valence-corrected chi connectivity index (χ2v) is 9.21. The maximum Gasteiger partial charge on any atom is 0.225 e. The zero-order valence-electron chi connectivity index (χ0n) is 16.9. The van der Waals surface area contributed by atoms with Gasteiger partial charge in [0.05, 0.1) is 0 Å². The van der Waals surface area contributed by atoms with Gasteiger partial charge in [-0.25, -0.2) is 0 Å². The van der Waals surface area contributed by atoms with Crippen molar-refractivity contribution in [3.05, 3.63) is 0 Å². The predicted molar refractivity (Wildman–Crippen MR) is 126 cm³/mol. The highest BCUT2D eigenvalue weighted by Gasteiger charge is 2.37. The van der Waals surface area contributed by atoms with E-state index in [4.69, 9.17) is 0 Å². The van der Waals surface area contributed by atoms with Crippen LogP contribution in [0.5, 0.6) is 0 Å². The van der Waals surface area contributed by atoms with Crippen molar-refractivity contribution in [1.29, 1.82) is 0 Å². The fourth-order valence-electron chi connectivity index (χ4n) is 4.30. The first-order valence-corrected chi connectivity index (χ1v) is 11.8. The Balaban J connectivity index is 0.00000261. The summed E-state index contributed by atoms with van der Waals surface area (Å²) < 4.78 is 0. The van der Waals surface area contributed by atoms with Crippen LogP contribution in [0.4, 0.5) is 0 Å². The average molecular weight is 509 g/mol. The number of guanidine groups is 1. The molecule has 0 aromatic carbocycles. The second kappa shape index (κ2) is 11.7. The second-order valence-electron chi connectivity index (χ2n) is 7.99. The van der Waals surface area contributed by atoms with Crippen molar-refractivity contribution < 1.29 is 4.79 Å². The van der Waals surface area contributed by atoms with Crippen LogP contribution in [0.3, 0.4) is 0 Å². The van der Waals surface area contributed by atoms with E-state index in [0.29, 0.717) is 18.0 Å². The van der Waals surface area contributed by atoms with Crippen molar-refractivity contribution in [2.75, 3.05) is 31.1 Å². The average Bonchev–Trinajstić information content (AvgIpc) is 3.40. The molecule has 2 unspecified atom stereocenters. The van der Waals surface area contributed by atoms with E-state index in [1.165, 1.54) is 19.3 Å². The van der Waals surface area contributed by atoms with E-state index in [9.17, 15) is 4.79 Å². The number of nitrogens with one attached hydrogen (secondary N) is 2. The number of carbonyl (C=O) groups excluding carboxylic acids is 1. The van der Waals surface area contributed by atoms with Gasteiger partial charge in [0.1, 0.15) is 0 Å². The zero-order valence-corrected chi connectivity index (χ0v) is 20.1. The van der Waals surface area contributed by atoms with Crippen LogP contribution >= 0.6 is 35.7 Å². The van der Waals surface area contributed by atoms with E-state index >= 15 is 0 Å². The lowest BCUT2D eigenvalue weighted by Gasteiger charge is -2.34. The summed E-state index contributed by atoms with van der Waals surface area (Å²) in [6, 6.07) is 1.07. The first-order valence-electron chi connectivity index (χ1n) is 10.6. The number of halogens is 1. The van der Waals surface area contributed by atoms with Crippen molar-refractivity contribution in [2.24, 2.45) is 16.8 Å². The Morgan fingerprint density at radius 1 is 1.11 bits per heavy atom. The number of hydrogen-bond donors (Lipinski definition) is 2. The van der Waals surface area contributed by atoms with Gasteiger partial charge in [-0.1, -0.05) is 13.3 Å². The van der Waals surface area contributed by atoms with E-state index < -0.39 is 0 Å². The van der Waals surface area contributed by atoms with Gasteiger partial charge in [0.2, 0.25) is 5.91 Å². The molecule has 27 heavy (non-hydrogen) atoms. The van der Waals surface area contributed by atoms with E-state index in [-0.39, 0.29) is 29.9 Å². The highest BCUT2D eigenvalue weighted by Crippen LogP contribution is 2.34. The van der Waals surface area contributed by atoms with Gasteiger partial charge in [0.25, 0.3) is 0 Å². The summed E-state index contributed by atoms with van der Waals surface area (Å²) in [5.74, 6) is 4.67. The van der Waals surface area contributed by atoms with Crippen LogP contribution in [-0.2, 0) is 4.79 Å². The first-order chi connectivity index (χ1) is 12.7. The zero-order chi connectivity index (χ0) is 18.4. The molecule has 0 radical (unpaired) electrons. The number of amides is 1. The molecule has 1 heterocycles. The van der Waals surface area contributed by atoms with Crippen molar-refractivity contribution in [3.63, 3.8) is 0 Å². The summed E-state index contributed by atoms with van der Waals surface area (Å²) in [4.78, 5) is 19.4. The minimum Gasteiger partial charge on any atom is -0.354 e. The Bertz CT molecular complexity index is 490. The van der Waals surface area contributed by atoms with Gasteiger partial charge < -0.3 is 15.5 Å². The summed E-state index contributed by atoms with van der Waals surface area (Å²) in [6.07, 6.45) is 8.05. The van der Waals surface area contributed by atoms with Gasteiger partial charge in [-0.15, -0.1) is 24.0 Å². The number of rotatable bonds is 6. The molecule has 1 aliphatic heterocycles. The van der Waals surface area contributed by atoms with Crippen LogP contribution in [-0.4, -0.2) is 60.0 Å². The molecule has 0 aromatic rings. The molecular formula is C20H37IN4OS. The number of nitrogens with zero attached hydrogens (tertiary/aromatic N) is 2. The van der Waals surface area contributed by atoms with Gasteiger partial charge in [0.15, 0.2) is 5.96 Å². The van der Waals surface area contributed by atoms with E-state index in [1.54, 1.807) is 0 Å². The number of hydrogen-bond acceptors (Lipinski definition) is 3. The third-order valence-corrected chi connectivity index (χ3v) is 6.90. The van der Waals surface area contributed by atoms with Gasteiger partial charge in [-0.05, 0) is 51.4 Å². The first kappa shape index (κ1) is 23.1. The molecule has 0 bridgehead atoms. The topological polar surface area (TPSA) is 56.7 Å². The molecule has 0 aromatic heterocycles. The molecule has 2 atom stereocenters. The van der Waals surface area contributed by atoms with Gasteiger partial charge in [-0.2, -0.15) is 11.8 Å². The van der Waals surface area contributed by atoms with Gasteiger partial charge in [-0.3, -0.25) is 9.79 Å². The van der Waals surface area contributed by atoms with Crippen LogP contribution in [0.1, 0.15) is 58.8 Å². The molecular weight excluding hydrogens is 471 g/mol. The van der Waals surface area contributed by atoms with Crippen LogP contribution < -0.4 is 10.6 Å².